The van der Waals surface area contributed by atoms with E-state index in [0.717, 1.165) is 23.2 Å². The number of carbonyl (C=O) groups is 2. The molecule has 2 atom stereocenters. The van der Waals surface area contributed by atoms with Crippen LogP contribution in [-0.4, -0.2) is 39.0 Å². The van der Waals surface area contributed by atoms with E-state index < -0.39 is 22.1 Å². The maximum absolute atomic E-state index is 13.5. The van der Waals surface area contributed by atoms with Gasteiger partial charge in [-0.3, -0.25) is 9.10 Å². The Bertz CT molecular complexity index is 1420. The van der Waals surface area contributed by atoms with E-state index in [-0.39, 0.29) is 22.4 Å². The van der Waals surface area contributed by atoms with Crippen LogP contribution in [0.5, 0.6) is 0 Å². The van der Waals surface area contributed by atoms with E-state index in [4.69, 9.17) is 4.74 Å². The van der Waals surface area contributed by atoms with Gasteiger partial charge in [0.1, 0.15) is 0 Å². The Hall–Kier alpha value is -3.65. The summed E-state index contributed by atoms with van der Waals surface area (Å²) >= 11 is 0. The van der Waals surface area contributed by atoms with E-state index in [9.17, 15) is 18.0 Å². The van der Waals surface area contributed by atoms with Crippen molar-refractivity contribution in [3.05, 3.63) is 89.5 Å². The van der Waals surface area contributed by atoms with Gasteiger partial charge in [-0.05, 0) is 68.1 Å². The summed E-state index contributed by atoms with van der Waals surface area (Å²) in [5.41, 5.74) is 3.60. The van der Waals surface area contributed by atoms with Crippen LogP contribution in [0.1, 0.15) is 35.3 Å². The first-order valence-electron chi connectivity index (χ1n) is 11.6. The number of hydrogen-bond donors (Lipinski definition) is 0. The Morgan fingerprint density at radius 3 is 2.40 bits per heavy atom. The molecular formula is C27H26N2O5S. The van der Waals surface area contributed by atoms with E-state index in [1.54, 1.807) is 11.0 Å². The summed E-state index contributed by atoms with van der Waals surface area (Å²) in [5, 5.41) is 0. The molecule has 0 unspecified atom stereocenters. The third-order valence-corrected chi connectivity index (χ3v) is 8.48. The maximum atomic E-state index is 13.5. The number of amides is 1. The van der Waals surface area contributed by atoms with E-state index in [2.05, 4.69) is 0 Å². The van der Waals surface area contributed by atoms with Crippen molar-refractivity contribution in [2.24, 2.45) is 0 Å². The number of carbonyl (C=O) groups excluding carboxylic acids is 2. The minimum atomic E-state index is -3.90. The molecular weight excluding hydrogens is 464 g/mol. The molecule has 8 heteroatoms. The molecule has 5 rings (SSSR count). The van der Waals surface area contributed by atoms with Gasteiger partial charge in [-0.2, -0.15) is 0 Å². The van der Waals surface area contributed by atoms with Crippen LogP contribution in [0.3, 0.4) is 0 Å². The molecule has 2 aliphatic rings. The van der Waals surface area contributed by atoms with E-state index in [0.29, 0.717) is 18.7 Å². The summed E-state index contributed by atoms with van der Waals surface area (Å²) in [6.45, 7) is 3.92. The molecule has 3 aromatic carbocycles. The second-order valence-corrected chi connectivity index (χ2v) is 10.7. The summed E-state index contributed by atoms with van der Waals surface area (Å²) < 4.78 is 33.9. The number of ether oxygens (including phenoxy) is 1. The number of hydrogen-bond acceptors (Lipinski definition) is 5. The Morgan fingerprint density at radius 1 is 0.943 bits per heavy atom. The van der Waals surface area contributed by atoms with Crippen LogP contribution in [0.2, 0.25) is 0 Å². The van der Waals surface area contributed by atoms with Gasteiger partial charge in [0.05, 0.1) is 16.1 Å². The standard InChI is InChI=1S/C27H26N2O5S/c1-18-16-21-9-4-6-13-25(21)29(18)35(32,33)23-11-7-10-22(17-23)27(31)34-19(2)26(30)28-15-14-20-8-3-5-12-24(20)28/h3-13,17-19H,14-16H2,1-2H3/t18-,19-/m0/s1. The lowest BCUT2D eigenvalue weighted by Gasteiger charge is -2.25. The van der Waals surface area contributed by atoms with Crippen molar-refractivity contribution in [3.63, 3.8) is 0 Å². The largest absolute Gasteiger partial charge is 0.449 e. The van der Waals surface area contributed by atoms with Crippen molar-refractivity contribution >= 4 is 33.3 Å². The van der Waals surface area contributed by atoms with Crippen molar-refractivity contribution in [3.8, 4) is 0 Å². The summed E-state index contributed by atoms with van der Waals surface area (Å²) in [7, 11) is -3.90. The summed E-state index contributed by atoms with van der Waals surface area (Å²) in [5.74, 6) is -1.06. The third kappa shape index (κ3) is 4.08. The first-order chi connectivity index (χ1) is 16.8. The lowest BCUT2D eigenvalue weighted by atomic mass is 10.1. The van der Waals surface area contributed by atoms with E-state index in [1.165, 1.54) is 35.5 Å². The second kappa shape index (κ2) is 8.85. The lowest BCUT2D eigenvalue weighted by molar-refractivity contribution is -0.126. The molecule has 0 aromatic heterocycles. The number of anilines is 2. The predicted molar refractivity (Wildman–Crippen MR) is 133 cm³/mol. The molecule has 7 nitrogen and oxygen atoms in total. The van der Waals surface area contributed by atoms with Crippen molar-refractivity contribution in [1.82, 2.24) is 0 Å². The zero-order chi connectivity index (χ0) is 24.7. The Balaban J connectivity index is 1.35. The van der Waals surface area contributed by atoms with Crippen molar-refractivity contribution < 1.29 is 22.7 Å². The van der Waals surface area contributed by atoms with Gasteiger partial charge in [0.15, 0.2) is 6.10 Å². The third-order valence-electron chi connectivity index (χ3n) is 6.56. The molecule has 3 aromatic rings. The zero-order valence-electron chi connectivity index (χ0n) is 19.5. The highest BCUT2D eigenvalue weighted by molar-refractivity contribution is 7.92. The summed E-state index contributed by atoms with van der Waals surface area (Å²) in [6.07, 6.45) is 0.358. The molecule has 0 fully saturated rings. The summed E-state index contributed by atoms with van der Waals surface area (Å²) in [4.78, 5) is 27.5. The molecule has 1 amide bonds. The number of rotatable bonds is 5. The van der Waals surface area contributed by atoms with Gasteiger partial charge in [0, 0.05) is 18.3 Å². The van der Waals surface area contributed by atoms with E-state index in [1.807, 2.05) is 49.4 Å². The second-order valence-electron chi connectivity index (χ2n) is 8.93. The van der Waals surface area contributed by atoms with Crippen LogP contribution in [-0.2, 0) is 32.4 Å². The molecule has 35 heavy (non-hydrogen) atoms. The molecule has 0 saturated heterocycles. The van der Waals surface area contributed by atoms with Crippen LogP contribution in [0.15, 0.2) is 77.7 Å². The number of fused-ring (bicyclic) bond motifs is 2. The van der Waals surface area contributed by atoms with Gasteiger partial charge in [0.2, 0.25) is 0 Å². The fourth-order valence-corrected chi connectivity index (χ4v) is 6.61. The highest BCUT2D eigenvalue weighted by Crippen LogP contribution is 2.36. The van der Waals surface area contributed by atoms with Crippen LogP contribution in [0, 0.1) is 0 Å². The normalized spacial score (nSPS) is 17.6. The smallest absolute Gasteiger partial charge is 0.338 e. The van der Waals surface area contributed by atoms with Crippen LogP contribution in [0.25, 0.3) is 0 Å². The molecule has 0 N–H and O–H groups in total. The average molecular weight is 491 g/mol. The maximum Gasteiger partial charge on any atom is 0.338 e. The monoisotopic (exact) mass is 490 g/mol. The molecule has 2 heterocycles. The highest BCUT2D eigenvalue weighted by atomic mass is 32.2. The van der Waals surface area contributed by atoms with Crippen LogP contribution < -0.4 is 9.21 Å². The van der Waals surface area contributed by atoms with Crippen molar-refractivity contribution in [2.75, 3.05) is 15.7 Å². The van der Waals surface area contributed by atoms with Gasteiger partial charge in [-0.1, -0.05) is 42.5 Å². The fraction of sp³-hybridized carbons (Fsp3) is 0.259. The van der Waals surface area contributed by atoms with Gasteiger partial charge in [0.25, 0.3) is 15.9 Å². The minimum Gasteiger partial charge on any atom is -0.449 e. The molecule has 0 bridgehead atoms. The molecule has 0 saturated carbocycles. The highest BCUT2D eigenvalue weighted by Gasteiger charge is 2.36. The Labute approximate surface area is 205 Å². The molecule has 2 aliphatic heterocycles. The Kier molecular flexibility index (Phi) is 5.84. The first-order valence-corrected chi connectivity index (χ1v) is 13.0. The molecule has 0 spiro atoms. The molecule has 180 valence electrons. The van der Waals surface area contributed by atoms with Gasteiger partial charge >= 0.3 is 5.97 Å². The van der Waals surface area contributed by atoms with Gasteiger partial charge < -0.3 is 9.64 Å². The topological polar surface area (TPSA) is 84.0 Å². The molecule has 0 radical (unpaired) electrons. The fourth-order valence-electron chi connectivity index (χ4n) is 4.87. The zero-order valence-corrected chi connectivity index (χ0v) is 20.4. The quantitative estimate of drug-likeness (QED) is 0.506. The Morgan fingerprint density at radius 2 is 1.63 bits per heavy atom. The van der Waals surface area contributed by atoms with Crippen molar-refractivity contribution in [1.29, 1.82) is 0 Å². The SMILES string of the molecule is C[C@H](OC(=O)c1cccc(S(=O)(=O)N2c3ccccc3C[C@@H]2C)c1)C(=O)N1CCc2ccccc21. The summed E-state index contributed by atoms with van der Waals surface area (Å²) in [6, 6.07) is 20.6. The van der Waals surface area contributed by atoms with E-state index >= 15 is 0 Å². The minimum absolute atomic E-state index is 0.00273. The number of para-hydroxylation sites is 2. The van der Waals surface area contributed by atoms with Crippen LogP contribution >= 0.6 is 0 Å². The number of benzene rings is 3. The van der Waals surface area contributed by atoms with Gasteiger partial charge in [-0.25, -0.2) is 13.2 Å². The lowest BCUT2D eigenvalue weighted by Crippen LogP contribution is -2.39. The average Bonchev–Trinajstić information content (AvgIpc) is 3.44. The predicted octanol–water partition coefficient (Wildman–Crippen LogP) is 3.96. The number of nitrogens with zero attached hydrogens (tertiary/aromatic N) is 2. The van der Waals surface area contributed by atoms with Gasteiger partial charge in [-0.15, -0.1) is 0 Å². The number of sulfonamides is 1. The van der Waals surface area contributed by atoms with Crippen LogP contribution in [0.4, 0.5) is 11.4 Å². The molecule has 0 aliphatic carbocycles. The number of esters is 1. The first kappa shape index (κ1) is 23.1. The van der Waals surface area contributed by atoms with Crippen molar-refractivity contribution in [2.45, 2.75) is 43.7 Å².